The Bertz CT molecular complexity index is 812. The number of nitrogens with zero attached hydrogens (tertiary/aromatic N) is 1. The maximum atomic E-state index is 13.0. The largest absolute Gasteiger partial charge is 0.467 e. The number of carbonyl (C=O) groups is 2. The lowest BCUT2D eigenvalue weighted by atomic mass is 9.60. The number of fused-ring (bicyclic) bond motifs is 3. The van der Waals surface area contributed by atoms with E-state index in [4.69, 9.17) is 4.74 Å². The Balaban J connectivity index is 1.26. The van der Waals surface area contributed by atoms with Gasteiger partial charge in [0.05, 0.1) is 5.56 Å². The molecular formula is C23H31N3O3. The number of nitrogens with one attached hydrogen (secondary N) is 2. The monoisotopic (exact) mass is 397 g/mol. The van der Waals surface area contributed by atoms with Gasteiger partial charge in [-0.15, -0.1) is 0 Å². The molecule has 156 valence electrons. The van der Waals surface area contributed by atoms with Gasteiger partial charge in [-0.25, -0.2) is 0 Å². The molecule has 5 aliphatic rings. The molecule has 2 N–H and O–H groups in total. The van der Waals surface area contributed by atoms with Crippen molar-refractivity contribution in [1.82, 2.24) is 15.5 Å². The molecule has 1 spiro atoms. The highest BCUT2D eigenvalue weighted by molar-refractivity contribution is 5.98. The molecule has 0 radical (unpaired) electrons. The fraction of sp³-hybridized carbons (Fsp3) is 0.652. The van der Waals surface area contributed by atoms with Crippen LogP contribution in [0.4, 0.5) is 0 Å². The Morgan fingerprint density at radius 2 is 2.17 bits per heavy atom. The molecule has 4 fully saturated rings. The van der Waals surface area contributed by atoms with E-state index in [1.54, 1.807) is 6.07 Å². The van der Waals surface area contributed by atoms with Crippen LogP contribution < -0.4 is 15.4 Å². The van der Waals surface area contributed by atoms with Crippen LogP contribution in [0.2, 0.25) is 0 Å². The van der Waals surface area contributed by atoms with Gasteiger partial charge in [0, 0.05) is 30.8 Å². The molecule has 2 amide bonds. The number of benzene rings is 1. The molecule has 29 heavy (non-hydrogen) atoms. The molecular weight excluding hydrogens is 366 g/mol. The van der Waals surface area contributed by atoms with Crippen molar-refractivity contribution in [2.24, 2.45) is 17.8 Å². The highest BCUT2D eigenvalue weighted by Crippen LogP contribution is 2.52. The minimum atomic E-state index is -0.643. The SMILES string of the molecule is CCN1CCCC1CNC(=O)C1CC2CCC1CC21NC(=O)c2ccccc2O1. The maximum absolute atomic E-state index is 13.0. The summed E-state index contributed by atoms with van der Waals surface area (Å²) in [4.78, 5) is 28.2. The number of rotatable bonds is 4. The summed E-state index contributed by atoms with van der Waals surface area (Å²) in [6.45, 7) is 5.14. The Labute approximate surface area is 172 Å². The molecule has 5 atom stereocenters. The highest BCUT2D eigenvalue weighted by Gasteiger charge is 2.57. The predicted octanol–water partition coefficient (Wildman–Crippen LogP) is 2.54. The Morgan fingerprint density at radius 3 is 2.97 bits per heavy atom. The van der Waals surface area contributed by atoms with Crippen molar-refractivity contribution in [2.45, 2.75) is 57.2 Å². The molecule has 1 saturated heterocycles. The van der Waals surface area contributed by atoms with E-state index >= 15 is 0 Å². The van der Waals surface area contributed by atoms with Crippen molar-refractivity contribution in [1.29, 1.82) is 0 Å². The summed E-state index contributed by atoms with van der Waals surface area (Å²) in [5, 5.41) is 6.42. The summed E-state index contributed by atoms with van der Waals surface area (Å²) in [6.07, 6.45) is 5.96. The molecule has 6 nitrogen and oxygen atoms in total. The molecule has 1 aromatic rings. The number of hydrogen-bond donors (Lipinski definition) is 2. The van der Waals surface area contributed by atoms with Gasteiger partial charge in [0.2, 0.25) is 5.91 Å². The van der Waals surface area contributed by atoms with Crippen LogP contribution >= 0.6 is 0 Å². The normalized spacial score (nSPS) is 35.8. The number of likely N-dealkylation sites (N-methyl/N-ethyl adjacent to an activating group) is 1. The highest BCUT2D eigenvalue weighted by atomic mass is 16.5. The van der Waals surface area contributed by atoms with Crippen molar-refractivity contribution < 1.29 is 14.3 Å². The third-order valence-corrected chi connectivity index (χ3v) is 7.72. The Kier molecular flexibility index (Phi) is 4.77. The van der Waals surface area contributed by atoms with E-state index in [2.05, 4.69) is 22.5 Å². The van der Waals surface area contributed by atoms with Gasteiger partial charge in [0.1, 0.15) is 5.75 Å². The average molecular weight is 398 g/mol. The number of likely N-dealkylation sites (tertiary alicyclic amines) is 1. The van der Waals surface area contributed by atoms with E-state index < -0.39 is 5.72 Å². The summed E-state index contributed by atoms with van der Waals surface area (Å²) >= 11 is 0. The van der Waals surface area contributed by atoms with Crippen molar-refractivity contribution in [3.63, 3.8) is 0 Å². The fourth-order valence-electron chi connectivity index (χ4n) is 6.17. The van der Waals surface area contributed by atoms with Gasteiger partial charge in [-0.3, -0.25) is 14.5 Å². The van der Waals surface area contributed by atoms with Gasteiger partial charge in [-0.1, -0.05) is 19.1 Å². The van der Waals surface area contributed by atoms with Gasteiger partial charge in [0.15, 0.2) is 5.72 Å². The first kappa shape index (κ1) is 18.9. The van der Waals surface area contributed by atoms with Gasteiger partial charge in [-0.05, 0) is 63.2 Å². The van der Waals surface area contributed by atoms with Gasteiger partial charge in [0.25, 0.3) is 5.91 Å². The second-order valence-electron chi connectivity index (χ2n) is 9.19. The topological polar surface area (TPSA) is 70.7 Å². The lowest BCUT2D eigenvalue weighted by Gasteiger charge is -2.55. The number of carbonyl (C=O) groups excluding carboxylic acids is 2. The summed E-state index contributed by atoms with van der Waals surface area (Å²) in [5.74, 6) is 1.29. The zero-order chi connectivity index (χ0) is 20.0. The van der Waals surface area contributed by atoms with Crippen molar-refractivity contribution in [3.8, 4) is 5.75 Å². The molecule has 5 unspecified atom stereocenters. The van der Waals surface area contributed by atoms with E-state index in [1.165, 1.54) is 12.8 Å². The first-order valence-corrected chi connectivity index (χ1v) is 11.2. The lowest BCUT2D eigenvalue weighted by Crippen LogP contribution is -2.67. The minimum Gasteiger partial charge on any atom is -0.467 e. The van der Waals surface area contributed by atoms with Crippen LogP contribution in [0.5, 0.6) is 5.75 Å². The van der Waals surface area contributed by atoms with E-state index in [1.807, 2.05) is 18.2 Å². The number of para-hydroxylation sites is 1. The van der Waals surface area contributed by atoms with Crippen LogP contribution in [0, 0.1) is 17.8 Å². The van der Waals surface area contributed by atoms with Crippen LogP contribution in [-0.4, -0.2) is 48.1 Å². The molecule has 2 bridgehead atoms. The molecule has 2 heterocycles. The smallest absolute Gasteiger partial charge is 0.258 e. The van der Waals surface area contributed by atoms with Crippen LogP contribution in [0.3, 0.4) is 0 Å². The number of ether oxygens (including phenoxy) is 1. The van der Waals surface area contributed by atoms with Crippen LogP contribution in [0.25, 0.3) is 0 Å². The second kappa shape index (κ2) is 7.31. The second-order valence-corrected chi connectivity index (χ2v) is 9.19. The third-order valence-electron chi connectivity index (χ3n) is 7.72. The van der Waals surface area contributed by atoms with Gasteiger partial charge < -0.3 is 15.4 Å². The maximum Gasteiger partial charge on any atom is 0.258 e. The molecule has 0 aromatic heterocycles. The van der Waals surface area contributed by atoms with E-state index in [0.29, 0.717) is 17.4 Å². The zero-order valence-corrected chi connectivity index (χ0v) is 17.2. The average Bonchev–Trinajstić information content (AvgIpc) is 3.20. The fourth-order valence-corrected chi connectivity index (χ4v) is 6.17. The van der Waals surface area contributed by atoms with Crippen LogP contribution in [0.1, 0.15) is 55.8 Å². The van der Waals surface area contributed by atoms with Gasteiger partial charge in [-0.2, -0.15) is 0 Å². The molecule has 2 aliphatic heterocycles. The van der Waals surface area contributed by atoms with Gasteiger partial charge >= 0.3 is 0 Å². The van der Waals surface area contributed by atoms with E-state index in [0.717, 1.165) is 45.3 Å². The quantitative estimate of drug-likeness (QED) is 0.819. The summed E-state index contributed by atoms with van der Waals surface area (Å²) in [7, 11) is 0. The van der Waals surface area contributed by atoms with E-state index in [-0.39, 0.29) is 29.6 Å². The standard InChI is InChI=1S/C23H31N3O3/c1-2-26-11-5-6-17(26)14-24-21(27)19-12-16-10-9-15(19)13-23(16)25-22(28)18-7-3-4-8-20(18)29-23/h3-4,7-8,15-17,19H,2,5-6,9-14H2,1H3,(H,24,27)(H,25,28). The zero-order valence-electron chi connectivity index (χ0n) is 17.2. The number of hydrogen-bond acceptors (Lipinski definition) is 4. The Morgan fingerprint density at radius 1 is 1.31 bits per heavy atom. The first-order chi connectivity index (χ1) is 14.1. The van der Waals surface area contributed by atoms with E-state index in [9.17, 15) is 9.59 Å². The molecule has 3 aliphatic carbocycles. The summed E-state index contributed by atoms with van der Waals surface area (Å²) < 4.78 is 6.39. The van der Waals surface area contributed by atoms with Crippen molar-refractivity contribution in [2.75, 3.05) is 19.6 Å². The third kappa shape index (κ3) is 3.21. The number of amides is 2. The first-order valence-electron chi connectivity index (χ1n) is 11.2. The molecule has 6 rings (SSSR count). The predicted molar refractivity (Wildman–Crippen MR) is 109 cm³/mol. The van der Waals surface area contributed by atoms with Crippen molar-refractivity contribution >= 4 is 11.8 Å². The molecule has 6 heteroatoms. The molecule has 1 aromatic carbocycles. The lowest BCUT2D eigenvalue weighted by molar-refractivity contribution is -0.146. The summed E-state index contributed by atoms with van der Waals surface area (Å²) in [5.41, 5.74) is -0.0406. The van der Waals surface area contributed by atoms with Crippen molar-refractivity contribution in [3.05, 3.63) is 29.8 Å². The Hall–Kier alpha value is -2.08. The van der Waals surface area contributed by atoms with Crippen LogP contribution in [-0.2, 0) is 4.79 Å². The van der Waals surface area contributed by atoms with Crippen LogP contribution in [0.15, 0.2) is 24.3 Å². The minimum absolute atomic E-state index is 0.0357. The molecule has 3 saturated carbocycles. The summed E-state index contributed by atoms with van der Waals surface area (Å²) in [6, 6.07) is 7.93.